The number of nitrogens with one attached hydrogen (secondary N) is 1. The van der Waals surface area contributed by atoms with Crippen LogP contribution in [-0.2, 0) is 0 Å². The molecule has 0 saturated heterocycles. The van der Waals surface area contributed by atoms with Gasteiger partial charge in [-0.05, 0) is 30.0 Å². The maximum atomic E-state index is 9.52. The molecule has 0 aliphatic carbocycles. The summed E-state index contributed by atoms with van der Waals surface area (Å²) < 4.78 is 0. The van der Waals surface area contributed by atoms with Crippen molar-refractivity contribution in [2.75, 3.05) is 11.9 Å². The standard InChI is InChI=1S/C17H21NO/c1-14(15-8-4-2-5-9-15)12-17(13-19)18-16-10-6-3-7-11-16/h2-11,14,17-19H,12-13H2,1H3. The molecule has 0 bridgehead atoms. The molecular formula is C17H21NO. The summed E-state index contributed by atoms with van der Waals surface area (Å²) in [5.41, 5.74) is 2.37. The lowest BCUT2D eigenvalue weighted by molar-refractivity contribution is 0.264. The molecule has 2 N–H and O–H groups in total. The lowest BCUT2D eigenvalue weighted by Gasteiger charge is -2.21. The summed E-state index contributed by atoms with van der Waals surface area (Å²) in [6.07, 6.45) is 0.912. The molecule has 2 aromatic carbocycles. The molecule has 2 nitrogen and oxygen atoms in total. The Morgan fingerprint density at radius 2 is 1.53 bits per heavy atom. The number of hydrogen-bond acceptors (Lipinski definition) is 2. The van der Waals surface area contributed by atoms with Crippen molar-refractivity contribution >= 4 is 5.69 Å². The molecule has 0 radical (unpaired) electrons. The van der Waals surface area contributed by atoms with E-state index in [-0.39, 0.29) is 12.6 Å². The van der Waals surface area contributed by atoms with Crippen LogP contribution < -0.4 is 5.32 Å². The summed E-state index contributed by atoms with van der Waals surface area (Å²) in [6, 6.07) is 20.5. The van der Waals surface area contributed by atoms with E-state index >= 15 is 0 Å². The molecule has 2 unspecified atom stereocenters. The van der Waals surface area contributed by atoms with Crippen molar-refractivity contribution < 1.29 is 5.11 Å². The third kappa shape index (κ3) is 4.11. The van der Waals surface area contributed by atoms with Gasteiger partial charge in [0.2, 0.25) is 0 Å². The number of rotatable bonds is 6. The van der Waals surface area contributed by atoms with Crippen LogP contribution in [0.4, 0.5) is 5.69 Å². The van der Waals surface area contributed by atoms with Crippen molar-refractivity contribution in [2.45, 2.75) is 25.3 Å². The molecule has 2 aromatic rings. The van der Waals surface area contributed by atoms with Crippen LogP contribution in [0.1, 0.15) is 24.8 Å². The number of anilines is 1. The highest BCUT2D eigenvalue weighted by Crippen LogP contribution is 2.21. The van der Waals surface area contributed by atoms with Gasteiger partial charge in [-0.25, -0.2) is 0 Å². The van der Waals surface area contributed by atoms with E-state index in [9.17, 15) is 5.11 Å². The van der Waals surface area contributed by atoms with E-state index in [0.717, 1.165) is 12.1 Å². The van der Waals surface area contributed by atoms with Gasteiger partial charge in [0.25, 0.3) is 0 Å². The lowest BCUT2D eigenvalue weighted by Crippen LogP contribution is -2.25. The monoisotopic (exact) mass is 255 g/mol. The Morgan fingerprint density at radius 1 is 0.947 bits per heavy atom. The molecule has 2 rings (SSSR count). The maximum absolute atomic E-state index is 9.52. The molecule has 100 valence electrons. The van der Waals surface area contributed by atoms with Crippen molar-refractivity contribution in [3.05, 3.63) is 66.2 Å². The largest absolute Gasteiger partial charge is 0.394 e. The zero-order valence-corrected chi connectivity index (χ0v) is 11.3. The second-order valence-electron chi connectivity index (χ2n) is 4.94. The molecule has 0 spiro atoms. The van der Waals surface area contributed by atoms with Gasteiger partial charge in [-0.1, -0.05) is 55.5 Å². The molecule has 2 atom stereocenters. The first-order valence-corrected chi connectivity index (χ1v) is 6.77. The topological polar surface area (TPSA) is 32.3 Å². The number of aliphatic hydroxyl groups excluding tert-OH is 1. The van der Waals surface area contributed by atoms with E-state index in [1.807, 2.05) is 36.4 Å². The molecule has 0 fully saturated rings. The van der Waals surface area contributed by atoms with Crippen LogP contribution in [0.3, 0.4) is 0 Å². The third-order valence-corrected chi connectivity index (χ3v) is 3.37. The normalized spacial score (nSPS) is 13.8. The first kappa shape index (κ1) is 13.6. The highest BCUT2D eigenvalue weighted by Gasteiger charge is 2.13. The Balaban J connectivity index is 1.96. The van der Waals surface area contributed by atoms with Crippen molar-refractivity contribution in [1.82, 2.24) is 0 Å². The predicted molar refractivity (Wildman–Crippen MR) is 80.4 cm³/mol. The Bertz CT molecular complexity index is 469. The summed E-state index contributed by atoms with van der Waals surface area (Å²) in [7, 11) is 0. The Hall–Kier alpha value is -1.80. The van der Waals surface area contributed by atoms with Crippen molar-refractivity contribution in [1.29, 1.82) is 0 Å². The van der Waals surface area contributed by atoms with Crippen LogP contribution in [0, 0.1) is 0 Å². The van der Waals surface area contributed by atoms with E-state index in [2.05, 4.69) is 36.5 Å². The van der Waals surface area contributed by atoms with Crippen LogP contribution in [0.5, 0.6) is 0 Å². The first-order valence-electron chi connectivity index (χ1n) is 6.77. The lowest BCUT2D eigenvalue weighted by atomic mass is 9.94. The minimum atomic E-state index is 0.0811. The SMILES string of the molecule is CC(CC(CO)Nc1ccccc1)c1ccccc1. The second kappa shape index (κ2) is 6.95. The highest BCUT2D eigenvalue weighted by atomic mass is 16.3. The molecule has 0 heterocycles. The van der Waals surface area contributed by atoms with Crippen LogP contribution in [-0.4, -0.2) is 17.8 Å². The number of aliphatic hydroxyl groups is 1. The zero-order chi connectivity index (χ0) is 13.5. The first-order chi connectivity index (χ1) is 9.29. The minimum absolute atomic E-state index is 0.0811. The molecule has 0 aromatic heterocycles. The van der Waals surface area contributed by atoms with E-state index in [4.69, 9.17) is 0 Å². The summed E-state index contributed by atoms with van der Waals surface area (Å²) in [5.74, 6) is 0.426. The van der Waals surface area contributed by atoms with Crippen molar-refractivity contribution in [3.63, 3.8) is 0 Å². The van der Waals surface area contributed by atoms with Crippen molar-refractivity contribution in [2.24, 2.45) is 0 Å². The molecule has 0 aliphatic rings. The fraction of sp³-hybridized carbons (Fsp3) is 0.294. The van der Waals surface area contributed by atoms with Gasteiger partial charge in [-0.2, -0.15) is 0 Å². The van der Waals surface area contributed by atoms with Crippen molar-refractivity contribution in [3.8, 4) is 0 Å². The minimum Gasteiger partial charge on any atom is -0.394 e. The Kier molecular flexibility index (Phi) is 4.99. The van der Waals surface area contributed by atoms with E-state index in [1.54, 1.807) is 0 Å². The molecule has 0 amide bonds. The van der Waals surface area contributed by atoms with Gasteiger partial charge in [0.15, 0.2) is 0 Å². The molecule has 19 heavy (non-hydrogen) atoms. The highest BCUT2D eigenvalue weighted by molar-refractivity contribution is 5.43. The molecule has 0 aliphatic heterocycles. The predicted octanol–water partition coefficient (Wildman–Crippen LogP) is 3.65. The maximum Gasteiger partial charge on any atom is 0.0633 e. The number of para-hydroxylation sites is 1. The van der Waals surface area contributed by atoms with Gasteiger partial charge in [-0.15, -0.1) is 0 Å². The fourth-order valence-electron chi connectivity index (χ4n) is 2.29. The average molecular weight is 255 g/mol. The van der Waals surface area contributed by atoms with Gasteiger partial charge in [0.05, 0.1) is 6.61 Å². The average Bonchev–Trinajstić information content (AvgIpc) is 2.48. The number of hydrogen-bond donors (Lipinski definition) is 2. The van der Waals surface area contributed by atoms with Crippen LogP contribution in [0.15, 0.2) is 60.7 Å². The van der Waals surface area contributed by atoms with E-state index in [0.29, 0.717) is 5.92 Å². The van der Waals surface area contributed by atoms with E-state index in [1.165, 1.54) is 5.56 Å². The van der Waals surface area contributed by atoms with Gasteiger partial charge < -0.3 is 10.4 Å². The molecule has 2 heteroatoms. The van der Waals surface area contributed by atoms with Gasteiger partial charge >= 0.3 is 0 Å². The zero-order valence-electron chi connectivity index (χ0n) is 11.3. The fourth-order valence-corrected chi connectivity index (χ4v) is 2.29. The summed E-state index contributed by atoms with van der Waals surface area (Å²) in [6.45, 7) is 2.34. The smallest absolute Gasteiger partial charge is 0.0633 e. The summed E-state index contributed by atoms with van der Waals surface area (Å²) in [4.78, 5) is 0. The van der Waals surface area contributed by atoms with E-state index < -0.39 is 0 Å². The second-order valence-corrected chi connectivity index (χ2v) is 4.94. The molecular weight excluding hydrogens is 234 g/mol. The van der Waals surface area contributed by atoms with Crippen LogP contribution >= 0.6 is 0 Å². The third-order valence-electron chi connectivity index (χ3n) is 3.37. The van der Waals surface area contributed by atoms with Gasteiger partial charge in [0, 0.05) is 11.7 Å². The Morgan fingerprint density at radius 3 is 2.11 bits per heavy atom. The number of benzene rings is 2. The quantitative estimate of drug-likeness (QED) is 0.825. The molecule has 0 saturated carbocycles. The van der Waals surface area contributed by atoms with Gasteiger partial charge in [0.1, 0.15) is 0 Å². The Labute approximate surface area is 115 Å². The summed E-state index contributed by atoms with van der Waals surface area (Å²) in [5, 5.41) is 12.9. The van der Waals surface area contributed by atoms with Crippen LogP contribution in [0.25, 0.3) is 0 Å². The van der Waals surface area contributed by atoms with Gasteiger partial charge in [-0.3, -0.25) is 0 Å². The summed E-state index contributed by atoms with van der Waals surface area (Å²) >= 11 is 0. The van der Waals surface area contributed by atoms with Crippen LogP contribution in [0.2, 0.25) is 0 Å².